The first-order valence-electron chi connectivity index (χ1n) is 5.74. The van der Waals surface area contributed by atoms with E-state index >= 15 is 0 Å². The average Bonchev–Trinajstić information content (AvgIpc) is 2.45. The lowest BCUT2D eigenvalue weighted by Crippen LogP contribution is -2.06. The molecule has 1 aromatic carbocycles. The van der Waals surface area contributed by atoms with Gasteiger partial charge >= 0.3 is 5.63 Å². The Morgan fingerprint density at radius 1 is 1.05 bits per heavy atom. The first kappa shape index (κ1) is 13.0. The highest BCUT2D eigenvalue weighted by Crippen LogP contribution is 2.24. The highest BCUT2D eigenvalue weighted by atomic mass is 16.5. The molecule has 98 valence electrons. The average molecular weight is 258 g/mol. The van der Waals surface area contributed by atoms with Crippen molar-refractivity contribution in [2.75, 3.05) is 14.2 Å². The minimum atomic E-state index is -0.561. The molecule has 0 saturated heterocycles. The van der Waals surface area contributed by atoms with E-state index < -0.39 is 5.63 Å². The van der Waals surface area contributed by atoms with Gasteiger partial charge in [-0.1, -0.05) is 36.4 Å². The molecular formula is C15H14O4. The lowest BCUT2D eigenvalue weighted by molar-refractivity contribution is 0.327. The number of ether oxygens (including phenoxy) is 2. The highest BCUT2D eigenvalue weighted by Gasteiger charge is 2.11. The van der Waals surface area contributed by atoms with Gasteiger partial charge in [0.25, 0.3) is 0 Å². The van der Waals surface area contributed by atoms with E-state index in [9.17, 15) is 4.79 Å². The summed E-state index contributed by atoms with van der Waals surface area (Å²) in [6.07, 6.45) is 3.56. The molecule has 0 unspecified atom stereocenters. The van der Waals surface area contributed by atoms with Crippen LogP contribution in [0.5, 0.6) is 11.5 Å². The molecule has 4 nitrogen and oxygen atoms in total. The molecule has 1 aromatic heterocycles. The van der Waals surface area contributed by atoms with Gasteiger partial charge in [-0.15, -0.1) is 0 Å². The second kappa shape index (κ2) is 5.91. The molecule has 0 aliphatic heterocycles. The van der Waals surface area contributed by atoms with Crippen LogP contribution in [0.4, 0.5) is 0 Å². The molecule has 0 radical (unpaired) electrons. The lowest BCUT2D eigenvalue weighted by atomic mass is 10.2. The number of hydrogen-bond donors (Lipinski definition) is 0. The predicted molar refractivity (Wildman–Crippen MR) is 73.5 cm³/mol. The van der Waals surface area contributed by atoms with Crippen LogP contribution in [-0.2, 0) is 0 Å². The molecule has 2 aromatic rings. The normalized spacial score (nSPS) is 10.6. The van der Waals surface area contributed by atoms with Gasteiger partial charge in [-0.3, -0.25) is 0 Å². The van der Waals surface area contributed by atoms with E-state index in [1.807, 2.05) is 36.4 Å². The van der Waals surface area contributed by atoms with E-state index in [0.29, 0.717) is 11.5 Å². The number of benzene rings is 1. The zero-order chi connectivity index (χ0) is 13.7. The Kier molecular flexibility index (Phi) is 4.03. The molecule has 0 bridgehead atoms. The lowest BCUT2D eigenvalue weighted by Gasteiger charge is -2.05. The van der Waals surface area contributed by atoms with E-state index in [2.05, 4.69) is 0 Å². The standard InChI is InChI=1S/C15H14O4/c1-17-13-10-12(19-15(16)14(13)18-2)9-8-11-6-4-3-5-7-11/h3-10H,1-2H3. The third kappa shape index (κ3) is 3.04. The Labute approximate surface area is 110 Å². The molecule has 0 saturated carbocycles. The van der Waals surface area contributed by atoms with Crippen LogP contribution in [0.3, 0.4) is 0 Å². The Balaban J connectivity index is 2.34. The molecule has 0 spiro atoms. The van der Waals surface area contributed by atoms with Crippen molar-refractivity contribution in [2.45, 2.75) is 0 Å². The molecular weight excluding hydrogens is 244 g/mol. The summed E-state index contributed by atoms with van der Waals surface area (Å²) >= 11 is 0. The fourth-order valence-corrected chi connectivity index (χ4v) is 1.64. The Morgan fingerprint density at radius 3 is 2.42 bits per heavy atom. The Morgan fingerprint density at radius 2 is 1.79 bits per heavy atom. The second-order valence-corrected chi connectivity index (χ2v) is 3.78. The van der Waals surface area contributed by atoms with E-state index in [1.165, 1.54) is 14.2 Å². The van der Waals surface area contributed by atoms with E-state index in [4.69, 9.17) is 13.9 Å². The number of methoxy groups -OCH3 is 2. The second-order valence-electron chi connectivity index (χ2n) is 3.78. The molecule has 0 N–H and O–H groups in total. The Bertz CT molecular complexity index is 626. The minimum Gasteiger partial charge on any atom is -0.492 e. The summed E-state index contributed by atoms with van der Waals surface area (Å²) in [5.41, 5.74) is 0.453. The van der Waals surface area contributed by atoms with Gasteiger partial charge in [-0.2, -0.15) is 0 Å². The molecule has 19 heavy (non-hydrogen) atoms. The van der Waals surface area contributed by atoms with Crippen molar-refractivity contribution in [2.24, 2.45) is 0 Å². The van der Waals surface area contributed by atoms with Crippen LogP contribution in [0.25, 0.3) is 12.2 Å². The van der Waals surface area contributed by atoms with Crippen molar-refractivity contribution in [3.63, 3.8) is 0 Å². The van der Waals surface area contributed by atoms with Gasteiger partial charge in [0.2, 0.25) is 5.75 Å². The monoisotopic (exact) mass is 258 g/mol. The van der Waals surface area contributed by atoms with E-state index in [-0.39, 0.29) is 5.75 Å². The highest BCUT2D eigenvalue weighted by molar-refractivity contribution is 5.68. The van der Waals surface area contributed by atoms with Crippen molar-refractivity contribution in [1.82, 2.24) is 0 Å². The van der Waals surface area contributed by atoms with Crippen molar-refractivity contribution >= 4 is 12.2 Å². The summed E-state index contributed by atoms with van der Waals surface area (Å²) in [6, 6.07) is 11.3. The molecule has 2 rings (SSSR count). The smallest absolute Gasteiger partial charge is 0.383 e. The molecule has 0 atom stereocenters. The molecule has 4 heteroatoms. The third-order valence-corrected chi connectivity index (χ3v) is 2.56. The van der Waals surface area contributed by atoms with Crippen molar-refractivity contribution < 1.29 is 13.9 Å². The Hall–Kier alpha value is -2.49. The maximum absolute atomic E-state index is 11.7. The van der Waals surface area contributed by atoms with Crippen LogP contribution in [0.2, 0.25) is 0 Å². The van der Waals surface area contributed by atoms with E-state index in [1.54, 1.807) is 12.1 Å². The SMILES string of the molecule is COc1cc(C=Cc2ccccc2)oc(=O)c1OC. The van der Waals surface area contributed by atoms with Gasteiger partial charge in [0.05, 0.1) is 14.2 Å². The third-order valence-electron chi connectivity index (χ3n) is 2.56. The van der Waals surface area contributed by atoms with Crippen LogP contribution in [-0.4, -0.2) is 14.2 Å². The van der Waals surface area contributed by atoms with Crippen LogP contribution in [0.1, 0.15) is 11.3 Å². The molecule has 0 aliphatic carbocycles. The van der Waals surface area contributed by atoms with E-state index in [0.717, 1.165) is 5.56 Å². The first-order chi connectivity index (χ1) is 9.24. The van der Waals surface area contributed by atoms with Crippen molar-refractivity contribution in [3.8, 4) is 11.5 Å². The number of rotatable bonds is 4. The largest absolute Gasteiger partial charge is 0.492 e. The zero-order valence-corrected chi connectivity index (χ0v) is 10.8. The summed E-state index contributed by atoms with van der Waals surface area (Å²) in [7, 11) is 2.87. The van der Waals surface area contributed by atoms with Crippen molar-refractivity contribution in [3.05, 3.63) is 58.1 Å². The van der Waals surface area contributed by atoms with Crippen molar-refractivity contribution in [1.29, 1.82) is 0 Å². The maximum atomic E-state index is 11.7. The topological polar surface area (TPSA) is 48.7 Å². The fraction of sp³-hybridized carbons (Fsp3) is 0.133. The molecule has 1 heterocycles. The van der Waals surface area contributed by atoms with Crippen LogP contribution < -0.4 is 15.1 Å². The van der Waals surface area contributed by atoms with Gasteiger partial charge in [-0.05, 0) is 11.6 Å². The summed E-state index contributed by atoms with van der Waals surface area (Å²) in [5.74, 6) is 0.831. The summed E-state index contributed by atoms with van der Waals surface area (Å²) in [6.45, 7) is 0. The molecule has 0 aliphatic rings. The molecule has 0 amide bonds. The van der Waals surface area contributed by atoms with Crippen LogP contribution >= 0.6 is 0 Å². The zero-order valence-electron chi connectivity index (χ0n) is 10.8. The summed E-state index contributed by atoms with van der Waals surface area (Å²) in [5, 5.41) is 0. The molecule has 0 fully saturated rings. The quantitative estimate of drug-likeness (QED) is 0.846. The van der Waals surface area contributed by atoms with Gasteiger partial charge < -0.3 is 13.9 Å². The van der Waals surface area contributed by atoms with Crippen LogP contribution in [0, 0.1) is 0 Å². The van der Waals surface area contributed by atoms with Crippen LogP contribution in [0.15, 0.2) is 45.6 Å². The number of hydrogen-bond acceptors (Lipinski definition) is 4. The predicted octanol–water partition coefficient (Wildman–Crippen LogP) is 2.83. The van der Waals surface area contributed by atoms with Gasteiger partial charge in [0, 0.05) is 6.07 Å². The van der Waals surface area contributed by atoms with Gasteiger partial charge in [0.15, 0.2) is 5.75 Å². The maximum Gasteiger partial charge on any atom is 0.383 e. The minimum absolute atomic E-state index is 0.0689. The summed E-state index contributed by atoms with van der Waals surface area (Å²) < 4.78 is 15.1. The summed E-state index contributed by atoms with van der Waals surface area (Å²) in [4.78, 5) is 11.7. The fourth-order valence-electron chi connectivity index (χ4n) is 1.64. The van der Waals surface area contributed by atoms with Gasteiger partial charge in [0.1, 0.15) is 5.76 Å². The van der Waals surface area contributed by atoms with Gasteiger partial charge in [-0.25, -0.2) is 4.79 Å². The first-order valence-corrected chi connectivity index (χ1v) is 5.74.